The number of rotatable bonds is 18. The normalized spacial score (nSPS) is 11.1. The first kappa shape index (κ1) is 22.0. The summed E-state index contributed by atoms with van der Waals surface area (Å²) < 4.78 is 4.48. The third kappa shape index (κ3) is 12.9. The largest absolute Gasteiger partial charge is 0.244 e. The van der Waals surface area contributed by atoms with Crippen molar-refractivity contribution in [2.45, 2.75) is 116 Å². The standard InChI is InChI=1S/C23H43N2/c1-3-5-6-7-8-9-10-11-12-13-14-15-16-17-18-20-25-22-21-24(23-25)19-4-2/h4,21-23H,2-3,5-20H2,1H3/q+1. The molecule has 0 aliphatic carbocycles. The molecule has 0 aliphatic heterocycles. The number of nitrogens with zero attached hydrogens (tertiary/aromatic N) is 2. The molecule has 1 aromatic heterocycles. The number of aromatic nitrogens is 2. The van der Waals surface area contributed by atoms with Crippen molar-refractivity contribution in [2.75, 3.05) is 0 Å². The first-order valence-corrected chi connectivity index (χ1v) is 11.0. The van der Waals surface area contributed by atoms with Gasteiger partial charge in [-0.15, -0.1) is 0 Å². The lowest BCUT2D eigenvalue weighted by Crippen LogP contribution is -2.30. The second kappa shape index (κ2) is 16.4. The Bertz CT molecular complexity index is 408. The van der Waals surface area contributed by atoms with Gasteiger partial charge in [0, 0.05) is 0 Å². The average molecular weight is 348 g/mol. The highest BCUT2D eigenvalue weighted by atomic mass is 15.1. The summed E-state index contributed by atoms with van der Waals surface area (Å²) in [7, 11) is 0. The van der Waals surface area contributed by atoms with Crippen LogP contribution in [0.15, 0.2) is 31.4 Å². The molecule has 0 fully saturated rings. The summed E-state index contributed by atoms with van der Waals surface area (Å²) in [6, 6.07) is 0. The highest BCUT2D eigenvalue weighted by Crippen LogP contribution is 2.13. The molecule has 0 amide bonds. The topological polar surface area (TPSA) is 8.81 Å². The second-order valence-corrected chi connectivity index (χ2v) is 7.59. The molecule has 1 heterocycles. The van der Waals surface area contributed by atoms with Crippen molar-refractivity contribution in [1.29, 1.82) is 0 Å². The molecular weight excluding hydrogens is 304 g/mol. The van der Waals surface area contributed by atoms with Gasteiger partial charge in [-0.05, 0) is 12.8 Å². The molecule has 0 atom stereocenters. The van der Waals surface area contributed by atoms with E-state index in [9.17, 15) is 0 Å². The molecule has 2 nitrogen and oxygen atoms in total. The molecule has 1 rings (SSSR count). The Hall–Kier alpha value is -1.05. The summed E-state index contributed by atoms with van der Waals surface area (Å²) in [4.78, 5) is 0. The van der Waals surface area contributed by atoms with E-state index in [-0.39, 0.29) is 0 Å². The zero-order valence-electron chi connectivity index (χ0n) is 16.9. The maximum atomic E-state index is 3.78. The van der Waals surface area contributed by atoms with Gasteiger partial charge in [0.1, 0.15) is 18.9 Å². The van der Waals surface area contributed by atoms with Crippen LogP contribution in [-0.4, -0.2) is 4.57 Å². The van der Waals surface area contributed by atoms with E-state index in [1.165, 1.54) is 96.3 Å². The van der Waals surface area contributed by atoms with E-state index in [0.717, 1.165) is 13.1 Å². The molecule has 2 heteroatoms. The van der Waals surface area contributed by atoms with Crippen LogP contribution in [0.1, 0.15) is 103 Å². The Morgan fingerprint density at radius 1 is 0.760 bits per heavy atom. The Morgan fingerprint density at radius 2 is 1.24 bits per heavy atom. The highest BCUT2D eigenvalue weighted by molar-refractivity contribution is 4.73. The first-order chi connectivity index (χ1) is 12.4. The lowest BCUT2D eigenvalue weighted by molar-refractivity contribution is -0.696. The molecule has 144 valence electrons. The lowest BCUT2D eigenvalue weighted by atomic mass is 10.0. The SMILES string of the molecule is C=CCn1cc[n+](CCCCCCCCCCCCCCCCC)c1. The minimum absolute atomic E-state index is 0.909. The zero-order valence-corrected chi connectivity index (χ0v) is 16.9. The summed E-state index contributed by atoms with van der Waals surface area (Å²) in [6.45, 7) is 8.14. The molecule has 0 saturated carbocycles. The molecule has 0 bridgehead atoms. The van der Waals surface area contributed by atoms with Gasteiger partial charge in [-0.3, -0.25) is 0 Å². The second-order valence-electron chi connectivity index (χ2n) is 7.59. The van der Waals surface area contributed by atoms with E-state index in [2.05, 4.69) is 41.4 Å². The van der Waals surface area contributed by atoms with E-state index in [4.69, 9.17) is 0 Å². The van der Waals surface area contributed by atoms with Gasteiger partial charge in [0.25, 0.3) is 0 Å². The number of allylic oxidation sites excluding steroid dienone is 1. The van der Waals surface area contributed by atoms with Gasteiger partial charge in [-0.2, -0.15) is 0 Å². The number of hydrogen-bond donors (Lipinski definition) is 0. The summed E-state index contributed by atoms with van der Waals surface area (Å²) in [5.41, 5.74) is 0. The number of unbranched alkanes of at least 4 members (excludes halogenated alkanes) is 14. The van der Waals surface area contributed by atoms with E-state index in [0.29, 0.717) is 0 Å². The van der Waals surface area contributed by atoms with Gasteiger partial charge in [0.15, 0.2) is 0 Å². The van der Waals surface area contributed by atoms with Gasteiger partial charge in [-0.1, -0.05) is 103 Å². The van der Waals surface area contributed by atoms with Crippen molar-refractivity contribution in [2.24, 2.45) is 0 Å². The third-order valence-electron chi connectivity index (χ3n) is 5.11. The van der Waals surface area contributed by atoms with Crippen LogP contribution in [0.5, 0.6) is 0 Å². The predicted molar refractivity (Wildman–Crippen MR) is 110 cm³/mol. The zero-order chi connectivity index (χ0) is 18.0. The van der Waals surface area contributed by atoms with Crippen LogP contribution in [0, 0.1) is 0 Å². The first-order valence-electron chi connectivity index (χ1n) is 11.0. The molecule has 0 aliphatic rings. The molecule has 0 N–H and O–H groups in total. The summed E-state index contributed by atoms with van der Waals surface area (Å²) in [5.74, 6) is 0. The Labute approximate surface area is 157 Å². The van der Waals surface area contributed by atoms with Crippen molar-refractivity contribution in [3.8, 4) is 0 Å². The number of imidazole rings is 1. The van der Waals surface area contributed by atoms with Crippen LogP contribution in [0.4, 0.5) is 0 Å². The van der Waals surface area contributed by atoms with E-state index in [1.54, 1.807) is 0 Å². The van der Waals surface area contributed by atoms with Crippen LogP contribution in [-0.2, 0) is 13.1 Å². The van der Waals surface area contributed by atoms with Gasteiger partial charge in [0.2, 0.25) is 6.33 Å². The summed E-state index contributed by atoms with van der Waals surface area (Å²) in [5, 5.41) is 0. The summed E-state index contributed by atoms with van der Waals surface area (Å²) in [6.07, 6.45) is 29.9. The van der Waals surface area contributed by atoms with Gasteiger partial charge in [0.05, 0.1) is 6.54 Å². The smallest absolute Gasteiger partial charge is 0.237 e. The van der Waals surface area contributed by atoms with Crippen LogP contribution in [0.3, 0.4) is 0 Å². The van der Waals surface area contributed by atoms with E-state index < -0.39 is 0 Å². The monoisotopic (exact) mass is 347 g/mol. The highest BCUT2D eigenvalue weighted by Gasteiger charge is 2.01. The van der Waals surface area contributed by atoms with Gasteiger partial charge in [-0.25, -0.2) is 9.13 Å². The van der Waals surface area contributed by atoms with E-state index >= 15 is 0 Å². The van der Waals surface area contributed by atoms with Crippen molar-refractivity contribution < 1.29 is 4.57 Å². The lowest BCUT2D eigenvalue weighted by Gasteiger charge is -2.03. The average Bonchev–Trinajstić information content (AvgIpc) is 3.06. The Balaban J connectivity index is 1.77. The van der Waals surface area contributed by atoms with Crippen LogP contribution in [0.25, 0.3) is 0 Å². The predicted octanol–water partition coefficient (Wildman–Crippen LogP) is 6.83. The van der Waals surface area contributed by atoms with Crippen molar-refractivity contribution in [3.05, 3.63) is 31.4 Å². The van der Waals surface area contributed by atoms with E-state index in [1.807, 2.05) is 6.08 Å². The molecule has 25 heavy (non-hydrogen) atoms. The summed E-state index contributed by atoms with van der Waals surface area (Å²) >= 11 is 0. The molecule has 1 aromatic rings. The molecule has 0 spiro atoms. The quantitative estimate of drug-likeness (QED) is 0.156. The van der Waals surface area contributed by atoms with Crippen molar-refractivity contribution in [3.63, 3.8) is 0 Å². The maximum Gasteiger partial charge on any atom is 0.244 e. The molecule has 0 aromatic carbocycles. The van der Waals surface area contributed by atoms with Gasteiger partial charge < -0.3 is 0 Å². The van der Waals surface area contributed by atoms with Crippen molar-refractivity contribution in [1.82, 2.24) is 4.57 Å². The fourth-order valence-corrected chi connectivity index (χ4v) is 3.49. The molecular formula is C23H43N2+. The Morgan fingerprint density at radius 3 is 1.72 bits per heavy atom. The third-order valence-corrected chi connectivity index (χ3v) is 5.11. The molecule has 0 saturated heterocycles. The Kier molecular flexibility index (Phi) is 14.4. The fourth-order valence-electron chi connectivity index (χ4n) is 3.49. The number of hydrogen-bond acceptors (Lipinski definition) is 0. The van der Waals surface area contributed by atoms with Crippen molar-refractivity contribution >= 4 is 0 Å². The fraction of sp³-hybridized carbons (Fsp3) is 0.783. The minimum Gasteiger partial charge on any atom is -0.237 e. The van der Waals surface area contributed by atoms with Crippen LogP contribution >= 0.6 is 0 Å². The number of aryl methyl sites for hydroxylation is 1. The molecule has 0 radical (unpaired) electrons. The maximum absolute atomic E-state index is 3.78. The molecule has 0 unspecified atom stereocenters. The van der Waals surface area contributed by atoms with Crippen LogP contribution < -0.4 is 4.57 Å². The van der Waals surface area contributed by atoms with Gasteiger partial charge >= 0.3 is 0 Å². The minimum atomic E-state index is 0.909. The van der Waals surface area contributed by atoms with Crippen LogP contribution in [0.2, 0.25) is 0 Å².